The maximum Gasteiger partial charge on any atom is 0.324 e. The molecule has 0 aliphatic carbocycles. The molecule has 0 spiro atoms. The van der Waals surface area contributed by atoms with Crippen molar-refractivity contribution >= 4 is 23.7 Å². The van der Waals surface area contributed by atoms with Crippen LogP contribution in [-0.4, -0.2) is 45.6 Å². The molecule has 0 saturated carbocycles. The van der Waals surface area contributed by atoms with Gasteiger partial charge in [0.25, 0.3) is 0 Å². The molecule has 3 aromatic rings. The molecule has 29 heavy (non-hydrogen) atoms. The van der Waals surface area contributed by atoms with Gasteiger partial charge in [0.15, 0.2) is 5.16 Å². The molecule has 0 unspecified atom stereocenters. The number of carbonyl (C=O) groups excluding carboxylic acids is 2. The standard InChI is InChI=1S/C22H22N4O2S/c1-14-3-7-16(8-4-14)19-20(17-9-5-15(2)6-10-17)25-21(24-19)29-13-18(27)26-12-11-23-22(26)28/h3-10H,11-13H2,1-2H3,(H,23,28)(H,24,25). The van der Waals surface area contributed by atoms with Gasteiger partial charge < -0.3 is 10.3 Å². The molecule has 1 aromatic heterocycles. The summed E-state index contributed by atoms with van der Waals surface area (Å²) in [6.45, 7) is 5.03. The summed E-state index contributed by atoms with van der Waals surface area (Å²) in [5, 5.41) is 3.30. The van der Waals surface area contributed by atoms with E-state index in [1.54, 1.807) is 0 Å². The monoisotopic (exact) mass is 406 g/mol. The Hall–Kier alpha value is -3.06. The van der Waals surface area contributed by atoms with E-state index in [0.29, 0.717) is 18.2 Å². The molecule has 1 fully saturated rings. The number of benzene rings is 2. The number of rotatable bonds is 5. The number of hydrogen-bond donors (Lipinski definition) is 2. The van der Waals surface area contributed by atoms with Crippen LogP contribution in [0.3, 0.4) is 0 Å². The minimum atomic E-state index is -0.323. The second-order valence-electron chi connectivity index (χ2n) is 7.06. The van der Waals surface area contributed by atoms with Crippen molar-refractivity contribution in [3.8, 4) is 22.5 Å². The van der Waals surface area contributed by atoms with Crippen molar-refractivity contribution in [2.45, 2.75) is 19.0 Å². The third kappa shape index (κ3) is 4.19. The molecule has 2 aromatic carbocycles. The van der Waals surface area contributed by atoms with Gasteiger partial charge in [-0.3, -0.25) is 9.69 Å². The van der Waals surface area contributed by atoms with Crippen molar-refractivity contribution in [1.82, 2.24) is 20.2 Å². The largest absolute Gasteiger partial charge is 0.336 e. The molecule has 0 atom stereocenters. The number of urea groups is 1. The Labute approximate surface area is 173 Å². The highest BCUT2D eigenvalue weighted by Gasteiger charge is 2.26. The first-order valence-corrected chi connectivity index (χ1v) is 10.4. The predicted octanol–water partition coefficient (Wildman–Crippen LogP) is 4.00. The molecule has 0 radical (unpaired) electrons. The molecule has 148 valence electrons. The van der Waals surface area contributed by atoms with Gasteiger partial charge in [-0.1, -0.05) is 71.4 Å². The van der Waals surface area contributed by atoms with Crippen LogP contribution in [0.15, 0.2) is 53.7 Å². The Balaban J connectivity index is 1.62. The number of hydrogen-bond acceptors (Lipinski definition) is 4. The van der Waals surface area contributed by atoms with Crippen molar-refractivity contribution < 1.29 is 9.59 Å². The fourth-order valence-electron chi connectivity index (χ4n) is 3.19. The number of nitrogens with zero attached hydrogens (tertiary/aromatic N) is 2. The minimum Gasteiger partial charge on any atom is -0.336 e. The number of imide groups is 1. The highest BCUT2D eigenvalue weighted by molar-refractivity contribution is 7.99. The van der Waals surface area contributed by atoms with Gasteiger partial charge >= 0.3 is 6.03 Å². The number of aromatic amines is 1. The SMILES string of the molecule is Cc1ccc(-c2nc(SCC(=O)N3CCNC3=O)[nH]c2-c2ccc(C)cc2)cc1. The smallest absolute Gasteiger partial charge is 0.324 e. The molecular weight excluding hydrogens is 384 g/mol. The van der Waals surface area contributed by atoms with E-state index in [4.69, 9.17) is 4.98 Å². The van der Waals surface area contributed by atoms with Crippen LogP contribution in [0, 0.1) is 13.8 Å². The highest BCUT2D eigenvalue weighted by Crippen LogP contribution is 2.33. The van der Waals surface area contributed by atoms with Crippen molar-refractivity contribution in [1.29, 1.82) is 0 Å². The van der Waals surface area contributed by atoms with Gasteiger partial charge in [0.05, 0.1) is 17.1 Å². The second-order valence-corrected chi connectivity index (χ2v) is 8.03. The van der Waals surface area contributed by atoms with Crippen LogP contribution >= 0.6 is 11.8 Å². The van der Waals surface area contributed by atoms with Crippen molar-refractivity contribution in [2.75, 3.05) is 18.8 Å². The zero-order valence-corrected chi connectivity index (χ0v) is 17.2. The quantitative estimate of drug-likeness (QED) is 0.628. The maximum absolute atomic E-state index is 12.3. The highest BCUT2D eigenvalue weighted by atomic mass is 32.2. The van der Waals surface area contributed by atoms with Crippen LogP contribution in [0.25, 0.3) is 22.5 Å². The van der Waals surface area contributed by atoms with Gasteiger partial charge in [0.1, 0.15) is 0 Å². The third-order valence-corrected chi connectivity index (χ3v) is 5.70. The van der Waals surface area contributed by atoms with Crippen molar-refractivity contribution in [3.63, 3.8) is 0 Å². The van der Waals surface area contributed by atoms with Crippen LogP contribution < -0.4 is 5.32 Å². The summed E-state index contributed by atoms with van der Waals surface area (Å²) in [5.41, 5.74) is 6.19. The fourth-order valence-corrected chi connectivity index (χ4v) is 3.93. The topological polar surface area (TPSA) is 78.1 Å². The molecule has 2 heterocycles. The lowest BCUT2D eigenvalue weighted by molar-refractivity contribution is -0.124. The van der Waals surface area contributed by atoms with E-state index < -0.39 is 0 Å². The molecule has 6 nitrogen and oxygen atoms in total. The molecule has 0 bridgehead atoms. The third-order valence-electron chi connectivity index (χ3n) is 4.84. The second kappa shape index (κ2) is 8.13. The van der Waals surface area contributed by atoms with Gasteiger partial charge in [-0.25, -0.2) is 9.78 Å². The first-order chi connectivity index (χ1) is 14.0. The molecule has 1 aliphatic rings. The Morgan fingerprint density at radius 2 is 1.66 bits per heavy atom. The van der Waals surface area contributed by atoms with Gasteiger partial charge in [-0.2, -0.15) is 0 Å². The maximum atomic E-state index is 12.3. The minimum absolute atomic E-state index is 0.154. The van der Waals surface area contributed by atoms with Crippen molar-refractivity contribution in [3.05, 3.63) is 59.7 Å². The fraction of sp³-hybridized carbons (Fsp3) is 0.227. The van der Waals surface area contributed by atoms with Gasteiger partial charge in [-0.05, 0) is 13.8 Å². The zero-order chi connectivity index (χ0) is 20.4. The number of thioether (sulfide) groups is 1. The average molecular weight is 407 g/mol. The molecule has 2 N–H and O–H groups in total. The summed E-state index contributed by atoms with van der Waals surface area (Å²) in [6, 6.07) is 16.2. The zero-order valence-electron chi connectivity index (χ0n) is 16.4. The molecule has 1 aliphatic heterocycles. The van der Waals surface area contributed by atoms with E-state index in [1.165, 1.54) is 27.8 Å². The predicted molar refractivity (Wildman–Crippen MR) is 115 cm³/mol. The Kier molecular flexibility index (Phi) is 5.40. The lowest BCUT2D eigenvalue weighted by Gasteiger charge is -2.10. The normalized spacial score (nSPS) is 13.6. The molecule has 1 saturated heterocycles. The number of aryl methyl sites for hydroxylation is 2. The van der Waals surface area contributed by atoms with Crippen LogP contribution in [-0.2, 0) is 4.79 Å². The molecule has 3 amide bonds. The van der Waals surface area contributed by atoms with Crippen LogP contribution in [0.5, 0.6) is 0 Å². The number of amides is 3. The van der Waals surface area contributed by atoms with Gasteiger partial charge in [-0.15, -0.1) is 0 Å². The van der Waals surface area contributed by atoms with E-state index in [1.807, 2.05) is 0 Å². The Morgan fingerprint density at radius 3 is 2.24 bits per heavy atom. The summed E-state index contributed by atoms with van der Waals surface area (Å²) in [5.74, 6) is -0.0584. The first kappa shape index (κ1) is 19.3. The lowest BCUT2D eigenvalue weighted by Crippen LogP contribution is -2.35. The molecular formula is C22H22N4O2S. The summed E-state index contributed by atoms with van der Waals surface area (Å²) in [4.78, 5) is 33.4. The number of imidazole rings is 1. The number of carbonyl (C=O) groups is 2. The lowest BCUT2D eigenvalue weighted by atomic mass is 10.0. The van der Waals surface area contributed by atoms with Crippen LogP contribution in [0.2, 0.25) is 0 Å². The number of aromatic nitrogens is 2. The number of H-pyrrole nitrogens is 1. The van der Waals surface area contributed by atoms with Gasteiger partial charge in [0.2, 0.25) is 5.91 Å². The van der Waals surface area contributed by atoms with E-state index in [2.05, 4.69) is 72.7 Å². The van der Waals surface area contributed by atoms with E-state index in [9.17, 15) is 9.59 Å². The van der Waals surface area contributed by atoms with Crippen LogP contribution in [0.4, 0.5) is 4.79 Å². The van der Waals surface area contributed by atoms with Crippen LogP contribution in [0.1, 0.15) is 11.1 Å². The summed E-state index contributed by atoms with van der Waals surface area (Å²) < 4.78 is 0. The first-order valence-electron chi connectivity index (χ1n) is 9.46. The van der Waals surface area contributed by atoms with Crippen molar-refractivity contribution in [2.24, 2.45) is 0 Å². The Bertz CT molecular complexity index is 979. The summed E-state index contributed by atoms with van der Waals surface area (Å²) >= 11 is 1.31. The molecule has 7 heteroatoms. The summed E-state index contributed by atoms with van der Waals surface area (Å²) in [7, 11) is 0. The Morgan fingerprint density at radius 1 is 1.03 bits per heavy atom. The van der Waals surface area contributed by atoms with E-state index in [0.717, 1.165) is 22.5 Å². The summed E-state index contributed by atoms with van der Waals surface area (Å²) in [6.07, 6.45) is 0. The molecule has 4 rings (SSSR count). The van der Waals surface area contributed by atoms with E-state index >= 15 is 0 Å². The van der Waals surface area contributed by atoms with E-state index in [-0.39, 0.29) is 17.7 Å². The number of nitrogens with one attached hydrogen (secondary N) is 2. The van der Waals surface area contributed by atoms with Gasteiger partial charge in [0, 0.05) is 24.2 Å². The average Bonchev–Trinajstić information content (AvgIpc) is 3.34.